The van der Waals surface area contributed by atoms with Gasteiger partial charge < -0.3 is 10.1 Å². The Hall–Kier alpha value is -1.90. The molecule has 1 heterocycles. The highest BCUT2D eigenvalue weighted by atomic mass is 35.5. The lowest BCUT2D eigenvalue weighted by atomic mass is 10.1. The van der Waals surface area contributed by atoms with Gasteiger partial charge in [-0.15, -0.1) is 24.2 Å². The van der Waals surface area contributed by atoms with Gasteiger partial charge in [-0.3, -0.25) is 5.32 Å². The van der Waals surface area contributed by atoms with Crippen molar-refractivity contribution in [3.8, 4) is 5.75 Å². The fourth-order valence-electron chi connectivity index (χ4n) is 2.37. The number of rotatable bonds is 4. The van der Waals surface area contributed by atoms with Crippen molar-refractivity contribution in [3.05, 3.63) is 54.1 Å². The maximum Gasteiger partial charge on any atom is 0.418 e. The minimum atomic E-state index is -4.49. The summed E-state index contributed by atoms with van der Waals surface area (Å²) in [6.07, 6.45) is -4.49. The maximum absolute atomic E-state index is 13.1. The minimum absolute atomic E-state index is 0. The summed E-state index contributed by atoms with van der Waals surface area (Å²) in [6.45, 7) is 0. The van der Waals surface area contributed by atoms with Gasteiger partial charge >= 0.3 is 12.1 Å². The van der Waals surface area contributed by atoms with Gasteiger partial charge in [-0.05, 0) is 24.3 Å². The third-order valence-electron chi connectivity index (χ3n) is 3.60. The van der Waals surface area contributed by atoms with Crippen molar-refractivity contribution in [1.29, 1.82) is 0 Å². The molecule has 0 bridgehead atoms. The quantitative estimate of drug-likeness (QED) is 0.583. The summed E-state index contributed by atoms with van der Waals surface area (Å²) < 4.78 is 44.8. The third kappa shape index (κ3) is 4.84. The molecule has 3 rings (SSSR count). The van der Waals surface area contributed by atoms with E-state index in [0.29, 0.717) is 17.3 Å². The average Bonchev–Trinajstić information content (AvgIpc) is 3.11. The van der Waals surface area contributed by atoms with E-state index in [-0.39, 0.29) is 23.8 Å². The SMILES string of the molecule is Cl.O=C(Oc1ccccc1Nc1ccccc1C(F)(F)F)[C@@H]1CSCN1. The van der Waals surface area contributed by atoms with E-state index < -0.39 is 23.8 Å². The molecule has 0 saturated carbocycles. The molecule has 140 valence electrons. The van der Waals surface area contributed by atoms with Crippen LogP contribution in [-0.2, 0) is 11.0 Å². The van der Waals surface area contributed by atoms with E-state index in [2.05, 4.69) is 10.6 Å². The number of hydrogen-bond donors (Lipinski definition) is 2. The van der Waals surface area contributed by atoms with Crippen molar-refractivity contribution in [2.75, 3.05) is 16.9 Å². The fraction of sp³-hybridized carbons (Fsp3) is 0.235. The summed E-state index contributed by atoms with van der Waals surface area (Å²) in [5.41, 5.74) is -0.601. The second-order valence-corrected chi connectivity index (χ2v) is 6.39. The summed E-state index contributed by atoms with van der Waals surface area (Å²) in [5.74, 6) is 0.996. The molecule has 2 aromatic rings. The average molecular weight is 405 g/mol. The molecule has 1 saturated heterocycles. The van der Waals surface area contributed by atoms with Gasteiger partial charge in [0, 0.05) is 11.6 Å². The Morgan fingerprint density at radius 2 is 1.77 bits per heavy atom. The fourth-order valence-corrected chi connectivity index (χ4v) is 3.30. The van der Waals surface area contributed by atoms with Gasteiger partial charge in [0.15, 0.2) is 5.75 Å². The Kier molecular flexibility index (Phi) is 6.80. The number of hydrogen-bond acceptors (Lipinski definition) is 5. The number of nitrogens with one attached hydrogen (secondary N) is 2. The summed E-state index contributed by atoms with van der Waals surface area (Å²) in [5, 5.41) is 5.71. The molecule has 1 aliphatic rings. The first-order chi connectivity index (χ1) is 11.9. The number of thioether (sulfide) groups is 1. The normalized spacial score (nSPS) is 16.7. The van der Waals surface area contributed by atoms with Crippen LogP contribution in [0.25, 0.3) is 0 Å². The van der Waals surface area contributed by atoms with Gasteiger partial charge in [0.1, 0.15) is 6.04 Å². The molecule has 26 heavy (non-hydrogen) atoms. The van der Waals surface area contributed by atoms with Crippen molar-refractivity contribution in [3.63, 3.8) is 0 Å². The highest BCUT2D eigenvalue weighted by Crippen LogP contribution is 2.37. The van der Waals surface area contributed by atoms with Crippen molar-refractivity contribution in [1.82, 2.24) is 5.32 Å². The van der Waals surface area contributed by atoms with Gasteiger partial charge in [0.25, 0.3) is 0 Å². The number of carbonyl (C=O) groups is 1. The van der Waals surface area contributed by atoms with Crippen molar-refractivity contribution in [2.24, 2.45) is 0 Å². The number of carbonyl (C=O) groups excluding carboxylic acids is 1. The largest absolute Gasteiger partial charge is 0.423 e. The Balaban J connectivity index is 0.00000243. The van der Waals surface area contributed by atoms with E-state index in [1.807, 2.05) is 0 Å². The van der Waals surface area contributed by atoms with Crippen molar-refractivity contribution < 1.29 is 22.7 Å². The number of benzene rings is 2. The molecule has 4 nitrogen and oxygen atoms in total. The topological polar surface area (TPSA) is 50.4 Å². The Labute approximate surface area is 158 Å². The van der Waals surface area contributed by atoms with E-state index in [1.54, 1.807) is 36.0 Å². The summed E-state index contributed by atoms with van der Waals surface area (Å²) in [6, 6.07) is 11.1. The lowest BCUT2D eigenvalue weighted by molar-refractivity contribution is -0.137. The molecule has 1 atom stereocenters. The molecule has 0 radical (unpaired) electrons. The van der Waals surface area contributed by atoms with E-state index in [1.165, 1.54) is 18.2 Å². The number of anilines is 2. The lowest BCUT2D eigenvalue weighted by Crippen LogP contribution is -2.36. The van der Waals surface area contributed by atoms with E-state index in [0.717, 1.165) is 6.07 Å². The van der Waals surface area contributed by atoms with Gasteiger partial charge in [-0.1, -0.05) is 24.3 Å². The first-order valence-electron chi connectivity index (χ1n) is 7.50. The minimum Gasteiger partial charge on any atom is -0.423 e. The van der Waals surface area contributed by atoms with Gasteiger partial charge in [0.05, 0.1) is 16.9 Å². The molecule has 9 heteroatoms. The number of halogens is 4. The molecule has 2 aromatic carbocycles. The Morgan fingerprint density at radius 3 is 2.42 bits per heavy atom. The van der Waals surface area contributed by atoms with Crippen LogP contribution in [0.4, 0.5) is 24.5 Å². The number of alkyl halides is 3. The first kappa shape index (κ1) is 20.4. The van der Waals surface area contributed by atoms with E-state index in [9.17, 15) is 18.0 Å². The zero-order valence-electron chi connectivity index (χ0n) is 13.4. The number of ether oxygens (including phenoxy) is 1. The van der Waals surface area contributed by atoms with Crippen LogP contribution in [0.3, 0.4) is 0 Å². The zero-order valence-corrected chi connectivity index (χ0v) is 15.0. The highest BCUT2D eigenvalue weighted by Gasteiger charge is 2.33. The highest BCUT2D eigenvalue weighted by molar-refractivity contribution is 7.99. The van der Waals surface area contributed by atoms with Gasteiger partial charge in [-0.25, -0.2) is 4.79 Å². The molecule has 0 spiro atoms. The Bertz CT molecular complexity index is 768. The van der Waals surface area contributed by atoms with Crippen LogP contribution in [-0.4, -0.2) is 23.6 Å². The van der Waals surface area contributed by atoms with Crippen LogP contribution in [0.5, 0.6) is 5.75 Å². The summed E-state index contributed by atoms with van der Waals surface area (Å²) >= 11 is 1.58. The van der Waals surface area contributed by atoms with Crippen LogP contribution < -0.4 is 15.4 Å². The van der Waals surface area contributed by atoms with Crippen LogP contribution >= 0.6 is 24.2 Å². The van der Waals surface area contributed by atoms with Crippen molar-refractivity contribution >= 4 is 41.5 Å². The molecular weight excluding hydrogens is 389 g/mol. The molecule has 1 aliphatic heterocycles. The van der Waals surface area contributed by atoms with Gasteiger partial charge in [-0.2, -0.15) is 13.2 Å². The second-order valence-electron chi connectivity index (χ2n) is 5.36. The lowest BCUT2D eigenvalue weighted by Gasteiger charge is -2.17. The first-order valence-corrected chi connectivity index (χ1v) is 8.66. The predicted octanol–water partition coefficient (Wildman–Crippen LogP) is 4.44. The molecule has 1 fully saturated rings. The van der Waals surface area contributed by atoms with Crippen LogP contribution in [0, 0.1) is 0 Å². The maximum atomic E-state index is 13.1. The molecule has 0 amide bonds. The molecule has 0 unspecified atom stereocenters. The van der Waals surface area contributed by atoms with Crippen LogP contribution in [0.15, 0.2) is 48.5 Å². The molecule has 0 aliphatic carbocycles. The van der Waals surface area contributed by atoms with E-state index >= 15 is 0 Å². The second kappa shape index (κ2) is 8.66. The standard InChI is InChI=1S/C17H15F3N2O2S.ClH/c18-17(19,20)11-5-1-2-6-12(11)22-13-7-3-4-8-15(13)24-16(23)14-9-25-10-21-14;/h1-8,14,21-22H,9-10H2;1H/t14-;/m0./s1. The molecule has 0 aromatic heterocycles. The monoisotopic (exact) mass is 404 g/mol. The number of esters is 1. The smallest absolute Gasteiger partial charge is 0.418 e. The number of para-hydroxylation sites is 3. The third-order valence-corrected chi connectivity index (χ3v) is 4.54. The molecule has 2 N–H and O–H groups in total. The van der Waals surface area contributed by atoms with Crippen LogP contribution in [0.2, 0.25) is 0 Å². The zero-order chi connectivity index (χ0) is 17.9. The summed E-state index contributed by atoms with van der Waals surface area (Å²) in [7, 11) is 0. The predicted molar refractivity (Wildman–Crippen MR) is 98.3 cm³/mol. The molecular formula is C17H16ClF3N2O2S. The Morgan fingerprint density at radius 1 is 1.12 bits per heavy atom. The van der Waals surface area contributed by atoms with Gasteiger partial charge in [0.2, 0.25) is 0 Å². The van der Waals surface area contributed by atoms with Crippen molar-refractivity contribution in [2.45, 2.75) is 12.2 Å². The van der Waals surface area contributed by atoms with E-state index in [4.69, 9.17) is 4.74 Å². The summed E-state index contributed by atoms with van der Waals surface area (Å²) in [4.78, 5) is 12.1. The van der Waals surface area contributed by atoms with Crippen LogP contribution in [0.1, 0.15) is 5.56 Å².